The predicted octanol–water partition coefficient (Wildman–Crippen LogP) is 1.16. The van der Waals surface area contributed by atoms with Gasteiger partial charge in [-0.15, -0.1) is 0 Å². The third kappa shape index (κ3) is 2.17. The maximum absolute atomic E-state index is 12.3. The van der Waals surface area contributed by atoms with Crippen molar-refractivity contribution in [2.75, 3.05) is 0 Å². The number of nitrogens with zero attached hydrogens (tertiary/aromatic N) is 1. The van der Waals surface area contributed by atoms with Crippen LogP contribution >= 0.6 is 0 Å². The van der Waals surface area contributed by atoms with Crippen molar-refractivity contribution in [2.45, 2.75) is 58.7 Å². The summed E-state index contributed by atoms with van der Waals surface area (Å²) in [6.07, 6.45) is 2.37. The Labute approximate surface area is 103 Å². The fraction of sp³-hybridized carbons (Fsp3) is 0.846. The number of hydrogen-bond acceptors (Lipinski definition) is 2. The van der Waals surface area contributed by atoms with Gasteiger partial charge in [-0.1, -0.05) is 13.8 Å². The first-order chi connectivity index (χ1) is 7.93. The molecule has 1 aliphatic carbocycles. The fourth-order valence-electron chi connectivity index (χ4n) is 2.73. The summed E-state index contributed by atoms with van der Waals surface area (Å²) >= 11 is 0. The molecule has 2 rings (SSSR count). The minimum Gasteiger partial charge on any atom is -0.343 e. The van der Waals surface area contributed by atoms with Gasteiger partial charge in [-0.25, -0.2) is 0 Å². The monoisotopic (exact) mass is 238 g/mol. The zero-order valence-corrected chi connectivity index (χ0v) is 11.1. The van der Waals surface area contributed by atoms with Crippen molar-refractivity contribution in [1.82, 2.24) is 10.2 Å². The Balaban J connectivity index is 2.25. The molecule has 1 saturated heterocycles. The van der Waals surface area contributed by atoms with Crippen LogP contribution in [0.3, 0.4) is 0 Å². The number of carbonyl (C=O) groups excluding carboxylic acids is 2. The van der Waals surface area contributed by atoms with Gasteiger partial charge < -0.3 is 10.2 Å². The molecule has 0 aromatic heterocycles. The second-order valence-corrected chi connectivity index (χ2v) is 5.74. The molecule has 3 atom stereocenters. The second kappa shape index (κ2) is 4.31. The lowest BCUT2D eigenvalue weighted by atomic mass is 9.94. The van der Waals surface area contributed by atoms with E-state index >= 15 is 0 Å². The van der Waals surface area contributed by atoms with Crippen LogP contribution in [0.5, 0.6) is 0 Å². The van der Waals surface area contributed by atoms with Gasteiger partial charge in [-0.05, 0) is 38.5 Å². The molecular weight excluding hydrogens is 216 g/mol. The molecule has 2 fully saturated rings. The lowest BCUT2D eigenvalue weighted by Crippen LogP contribution is -2.66. The van der Waals surface area contributed by atoms with E-state index in [1.807, 2.05) is 18.7 Å². The van der Waals surface area contributed by atoms with Crippen molar-refractivity contribution in [3.05, 3.63) is 0 Å². The van der Waals surface area contributed by atoms with Gasteiger partial charge in [0.25, 0.3) is 0 Å². The molecule has 2 aliphatic rings. The summed E-state index contributed by atoms with van der Waals surface area (Å²) in [5, 5.41) is 2.77. The predicted molar refractivity (Wildman–Crippen MR) is 65.3 cm³/mol. The van der Waals surface area contributed by atoms with Gasteiger partial charge in [-0.3, -0.25) is 9.59 Å². The standard InChI is InChI=1S/C13H22N2O2/c1-7(2)11-12(16)14-8(3)13(17)15(11)9(4)10-5-6-10/h7-11H,5-6H2,1-4H3,(H,14,16). The SMILES string of the molecule is CC1NC(=O)C(C(C)C)N(C(C)C2CC2)C1=O. The molecule has 17 heavy (non-hydrogen) atoms. The highest BCUT2D eigenvalue weighted by Crippen LogP contribution is 2.37. The number of rotatable bonds is 3. The summed E-state index contributed by atoms with van der Waals surface area (Å²) in [5.41, 5.74) is 0. The van der Waals surface area contributed by atoms with Gasteiger partial charge in [0.2, 0.25) is 11.8 Å². The Hall–Kier alpha value is -1.06. The van der Waals surface area contributed by atoms with E-state index in [0.29, 0.717) is 5.92 Å². The fourth-order valence-corrected chi connectivity index (χ4v) is 2.73. The van der Waals surface area contributed by atoms with Gasteiger partial charge in [0.05, 0.1) is 0 Å². The number of amides is 2. The molecule has 1 heterocycles. The van der Waals surface area contributed by atoms with Crippen LogP contribution in [0.4, 0.5) is 0 Å². The van der Waals surface area contributed by atoms with Gasteiger partial charge in [0.15, 0.2) is 0 Å². The highest BCUT2D eigenvalue weighted by Gasteiger charge is 2.45. The average Bonchev–Trinajstić information content (AvgIpc) is 3.04. The molecule has 0 aromatic rings. The Bertz CT molecular complexity index is 336. The Morgan fingerprint density at radius 1 is 1.24 bits per heavy atom. The van der Waals surface area contributed by atoms with Crippen LogP contribution in [0.2, 0.25) is 0 Å². The number of hydrogen-bond donors (Lipinski definition) is 1. The van der Waals surface area contributed by atoms with Crippen LogP contribution in [0, 0.1) is 11.8 Å². The summed E-state index contributed by atoms with van der Waals surface area (Å²) < 4.78 is 0. The van der Waals surface area contributed by atoms with Crippen molar-refractivity contribution in [3.8, 4) is 0 Å². The molecular formula is C13H22N2O2. The molecule has 1 N–H and O–H groups in total. The van der Waals surface area contributed by atoms with E-state index in [1.54, 1.807) is 6.92 Å². The van der Waals surface area contributed by atoms with Crippen LogP contribution in [0.15, 0.2) is 0 Å². The maximum atomic E-state index is 12.3. The van der Waals surface area contributed by atoms with Crippen LogP contribution in [-0.4, -0.2) is 34.8 Å². The molecule has 2 amide bonds. The van der Waals surface area contributed by atoms with Gasteiger partial charge in [0, 0.05) is 6.04 Å². The van der Waals surface area contributed by atoms with Crippen molar-refractivity contribution < 1.29 is 9.59 Å². The normalized spacial score (nSPS) is 31.7. The van der Waals surface area contributed by atoms with Crippen LogP contribution in [0.1, 0.15) is 40.5 Å². The molecule has 0 aromatic carbocycles. The first-order valence-corrected chi connectivity index (χ1v) is 6.56. The van der Waals surface area contributed by atoms with Crippen molar-refractivity contribution in [2.24, 2.45) is 11.8 Å². The Morgan fingerprint density at radius 2 is 1.82 bits per heavy atom. The molecule has 0 spiro atoms. The minimum absolute atomic E-state index is 0.000370. The zero-order valence-electron chi connectivity index (χ0n) is 11.1. The highest BCUT2D eigenvalue weighted by molar-refractivity contribution is 5.97. The average molecular weight is 238 g/mol. The number of carbonyl (C=O) groups is 2. The lowest BCUT2D eigenvalue weighted by Gasteiger charge is -2.43. The van der Waals surface area contributed by atoms with Crippen LogP contribution in [-0.2, 0) is 9.59 Å². The lowest BCUT2D eigenvalue weighted by molar-refractivity contribution is -0.153. The van der Waals surface area contributed by atoms with Gasteiger partial charge >= 0.3 is 0 Å². The highest BCUT2D eigenvalue weighted by atomic mass is 16.2. The summed E-state index contributed by atoms with van der Waals surface area (Å²) in [6, 6.07) is -0.476. The van der Waals surface area contributed by atoms with E-state index in [-0.39, 0.29) is 35.9 Å². The van der Waals surface area contributed by atoms with E-state index in [1.165, 1.54) is 12.8 Å². The van der Waals surface area contributed by atoms with Crippen LogP contribution < -0.4 is 5.32 Å². The van der Waals surface area contributed by atoms with Crippen molar-refractivity contribution >= 4 is 11.8 Å². The molecule has 1 aliphatic heterocycles. The Morgan fingerprint density at radius 3 is 2.29 bits per heavy atom. The minimum atomic E-state index is -0.376. The maximum Gasteiger partial charge on any atom is 0.245 e. The first-order valence-electron chi connectivity index (χ1n) is 6.56. The molecule has 1 saturated carbocycles. The summed E-state index contributed by atoms with van der Waals surface area (Å²) in [5.74, 6) is 0.827. The zero-order chi connectivity index (χ0) is 12.7. The summed E-state index contributed by atoms with van der Waals surface area (Å²) in [4.78, 5) is 26.2. The number of piperazine rings is 1. The topological polar surface area (TPSA) is 49.4 Å². The molecule has 0 bridgehead atoms. The largest absolute Gasteiger partial charge is 0.343 e. The van der Waals surface area contributed by atoms with Crippen molar-refractivity contribution in [1.29, 1.82) is 0 Å². The summed E-state index contributed by atoms with van der Waals surface area (Å²) in [7, 11) is 0. The van der Waals surface area contributed by atoms with E-state index < -0.39 is 0 Å². The van der Waals surface area contributed by atoms with E-state index in [9.17, 15) is 9.59 Å². The van der Waals surface area contributed by atoms with Gasteiger partial charge in [-0.2, -0.15) is 0 Å². The van der Waals surface area contributed by atoms with E-state index in [4.69, 9.17) is 0 Å². The van der Waals surface area contributed by atoms with E-state index in [0.717, 1.165) is 0 Å². The van der Waals surface area contributed by atoms with Crippen LogP contribution in [0.25, 0.3) is 0 Å². The molecule has 0 radical (unpaired) electrons. The van der Waals surface area contributed by atoms with Gasteiger partial charge in [0.1, 0.15) is 12.1 Å². The third-order valence-electron chi connectivity index (χ3n) is 3.93. The molecule has 96 valence electrons. The smallest absolute Gasteiger partial charge is 0.245 e. The molecule has 4 nitrogen and oxygen atoms in total. The molecule has 3 unspecified atom stereocenters. The molecule has 4 heteroatoms. The van der Waals surface area contributed by atoms with Crippen molar-refractivity contribution in [3.63, 3.8) is 0 Å². The van der Waals surface area contributed by atoms with E-state index in [2.05, 4.69) is 12.2 Å². The number of nitrogens with one attached hydrogen (secondary N) is 1. The quantitative estimate of drug-likeness (QED) is 0.802. The first kappa shape index (κ1) is 12.4. The Kier molecular flexibility index (Phi) is 3.15. The third-order valence-corrected chi connectivity index (χ3v) is 3.93. The summed E-state index contributed by atoms with van der Waals surface area (Å²) in [6.45, 7) is 7.85. The second-order valence-electron chi connectivity index (χ2n) is 5.74.